The summed E-state index contributed by atoms with van der Waals surface area (Å²) in [4.78, 5) is 24.5. The molecule has 2 aromatic carbocycles. The smallest absolute Gasteiger partial charge is 0.267 e. The number of fused-ring (bicyclic) bond motifs is 2. The van der Waals surface area contributed by atoms with Gasteiger partial charge in [0.15, 0.2) is 5.82 Å². The molecule has 0 radical (unpaired) electrons. The maximum Gasteiger partial charge on any atom is 0.267 e. The van der Waals surface area contributed by atoms with E-state index in [1.165, 1.54) is 0 Å². The van der Waals surface area contributed by atoms with E-state index in [2.05, 4.69) is 35.8 Å². The highest BCUT2D eigenvalue weighted by Gasteiger charge is 2.12. The van der Waals surface area contributed by atoms with Crippen LogP contribution >= 0.6 is 0 Å². The Bertz CT molecular complexity index is 1400. The molecule has 0 aliphatic heterocycles. The second-order valence-corrected chi connectivity index (χ2v) is 7.68. The lowest BCUT2D eigenvalue weighted by atomic mass is 10.1. The molecule has 0 aliphatic carbocycles. The fraction of sp³-hybridized carbons (Fsp3) is 0.130. The van der Waals surface area contributed by atoms with Gasteiger partial charge in [-0.3, -0.25) is 9.89 Å². The summed E-state index contributed by atoms with van der Waals surface area (Å²) < 4.78 is 0. The molecule has 154 valence electrons. The Morgan fingerprint density at radius 1 is 1.00 bits per heavy atom. The molecule has 8 heteroatoms. The van der Waals surface area contributed by atoms with Gasteiger partial charge in [-0.05, 0) is 50.2 Å². The van der Waals surface area contributed by atoms with Gasteiger partial charge in [0.2, 0.25) is 0 Å². The number of anilines is 2. The largest absolute Gasteiger partial charge is 0.351 e. The number of nitrogens with one attached hydrogen (secondary N) is 4. The highest BCUT2D eigenvalue weighted by Crippen LogP contribution is 2.25. The Morgan fingerprint density at radius 3 is 2.77 bits per heavy atom. The molecule has 0 unspecified atom stereocenters. The number of carbonyl (C=O) groups is 1. The first-order valence-electron chi connectivity index (χ1n) is 10.0. The quantitative estimate of drug-likeness (QED) is 0.343. The molecular weight excluding hydrogens is 390 g/mol. The summed E-state index contributed by atoms with van der Waals surface area (Å²) in [7, 11) is 0. The van der Waals surface area contributed by atoms with Crippen LogP contribution < -0.4 is 10.6 Å². The average molecular weight is 411 g/mol. The minimum absolute atomic E-state index is 0.0762. The fourth-order valence-corrected chi connectivity index (χ4v) is 3.46. The number of carbonyl (C=O) groups excluding carboxylic acids is 1. The van der Waals surface area contributed by atoms with Crippen molar-refractivity contribution in [3.63, 3.8) is 0 Å². The molecule has 0 saturated carbocycles. The molecule has 5 aromatic rings. The zero-order valence-corrected chi connectivity index (χ0v) is 17.1. The average Bonchev–Trinajstić information content (AvgIpc) is 3.39. The van der Waals surface area contributed by atoms with Gasteiger partial charge >= 0.3 is 0 Å². The van der Waals surface area contributed by atoms with Crippen LogP contribution in [0.5, 0.6) is 0 Å². The predicted octanol–water partition coefficient (Wildman–Crippen LogP) is 4.38. The van der Waals surface area contributed by atoms with E-state index in [0.717, 1.165) is 33.1 Å². The lowest BCUT2D eigenvalue weighted by Crippen LogP contribution is -2.30. The van der Waals surface area contributed by atoms with E-state index < -0.39 is 0 Å². The monoisotopic (exact) mass is 411 g/mol. The molecule has 0 atom stereocenters. The predicted molar refractivity (Wildman–Crippen MR) is 121 cm³/mol. The summed E-state index contributed by atoms with van der Waals surface area (Å²) >= 11 is 0. The minimum atomic E-state index is -0.121. The summed E-state index contributed by atoms with van der Waals surface area (Å²) in [5.74, 6) is 1.17. The topological polar surface area (TPSA) is 111 Å². The molecule has 3 aromatic heterocycles. The number of amides is 1. The van der Waals surface area contributed by atoms with Gasteiger partial charge in [-0.1, -0.05) is 12.1 Å². The van der Waals surface area contributed by atoms with Crippen LogP contribution in [0, 0.1) is 0 Å². The van der Waals surface area contributed by atoms with Gasteiger partial charge in [0.05, 0.1) is 11.7 Å². The van der Waals surface area contributed by atoms with Crippen molar-refractivity contribution >= 4 is 39.2 Å². The third-order valence-corrected chi connectivity index (χ3v) is 4.91. The normalized spacial score (nSPS) is 11.3. The van der Waals surface area contributed by atoms with Crippen molar-refractivity contribution in [1.82, 2.24) is 30.5 Å². The zero-order valence-electron chi connectivity index (χ0n) is 17.1. The first-order chi connectivity index (χ1) is 15.0. The number of hydrogen-bond donors (Lipinski definition) is 4. The number of hydrogen-bond acceptors (Lipinski definition) is 5. The van der Waals surface area contributed by atoms with Crippen molar-refractivity contribution in [3.05, 3.63) is 66.6 Å². The number of nitrogens with zero attached hydrogens (tertiary/aromatic N) is 3. The Labute approximate surface area is 178 Å². The standard InChI is InChI=1S/C23H21N7O/c1-13(2)26-23(31)20-10-14-3-4-15(11-19(14)28-20)22-24-8-7-21(29-22)27-17-5-6-18-16(9-17)12-25-30-18/h3-13,28H,1-2H3,(H,25,30)(H,26,31)(H,24,27,29). The highest BCUT2D eigenvalue weighted by molar-refractivity contribution is 5.98. The highest BCUT2D eigenvalue weighted by atomic mass is 16.1. The summed E-state index contributed by atoms with van der Waals surface area (Å²) in [5.41, 5.74) is 4.15. The zero-order chi connectivity index (χ0) is 21.4. The Morgan fingerprint density at radius 2 is 1.90 bits per heavy atom. The van der Waals surface area contributed by atoms with E-state index in [9.17, 15) is 4.79 Å². The van der Waals surface area contributed by atoms with E-state index in [1.54, 1.807) is 12.4 Å². The van der Waals surface area contributed by atoms with Crippen LogP contribution in [-0.2, 0) is 0 Å². The molecule has 0 aliphatic rings. The van der Waals surface area contributed by atoms with Crippen LogP contribution in [-0.4, -0.2) is 37.1 Å². The lowest BCUT2D eigenvalue weighted by molar-refractivity contribution is 0.0939. The van der Waals surface area contributed by atoms with Crippen molar-refractivity contribution in [2.75, 3.05) is 5.32 Å². The van der Waals surface area contributed by atoms with Gasteiger partial charge in [-0.25, -0.2) is 9.97 Å². The summed E-state index contributed by atoms with van der Waals surface area (Å²) in [6.07, 6.45) is 3.51. The van der Waals surface area contributed by atoms with Gasteiger partial charge < -0.3 is 15.6 Å². The fourth-order valence-electron chi connectivity index (χ4n) is 3.46. The van der Waals surface area contributed by atoms with Crippen molar-refractivity contribution in [3.8, 4) is 11.4 Å². The number of H-pyrrole nitrogens is 2. The third-order valence-electron chi connectivity index (χ3n) is 4.91. The van der Waals surface area contributed by atoms with Gasteiger partial charge in [0, 0.05) is 39.8 Å². The first-order valence-corrected chi connectivity index (χ1v) is 10.0. The number of benzene rings is 2. The van der Waals surface area contributed by atoms with E-state index in [0.29, 0.717) is 17.3 Å². The molecule has 8 nitrogen and oxygen atoms in total. The molecule has 0 saturated heterocycles. The van der Waals surface area contributed by atoms with E-state index in [1.807, 2.05) is 62.4 Å². The third kappa shape index (κ3) is 3.83. The Hall–Kier alpha value is -4.20. The van der Waals surface area contributed by atoms with Gasteiger partial charge in [-0.15, -0.1) is 0 Å². The van der Waals surface area contributed by atoms with Gasteiger partial charge in [-0.2, -0.15) is 5.10 Å². The maximum absolute atomic E-state index is 12.3. The summed E-state index contributed by atoms with van der Waals surface area (Å²) in [6.45, 7) is 3.87. The minimum Gasteiger partial charge on any atom is -0.351 e. The molecule has 3 heterocycles. The van der Waals surface area contributed by atoms with Crippen LogP contribution in [0.4, 0.5) is 11.5 Å². The summed E-state index contributed by atoms with van der Waals surface area (Å²) in [6, 6.07) is 15.6. The lowest BCUT2D eigenvalue weighted by Gasteiger charge is -2.07. The second-order valence-electron chi connectivity index (χ2n) is 7.68. The van der Waals surface area contributed by atoms with Crippen molar-refractivity contribution in [2.45, 2.75) is 19.9 Å². The number of rotatable bonds is 5. The molecule has 1 amide bonds. The Kier molecular flexibility index (Phi) is 4.59. The molecule has 5 rings (SSSR count). The second kappa shape index (κ2) is 7.56. The van der Waals surface area contributed by atoms with Crippen molar-refractivity contribution in [2.24, 2.45) is 0 Å². The first kappa shape index (κ1) is 18.8. The van der Waals surface area contributed by atoms with Crippen LogP contribution in [0.3, 0.4) is 0 Å². The molecular formula is C23H21N7O. The summed E-state index contributed by atoms with van der Waals surface area (Å²) in [5, 5.41) is 15.2. The molecule has 0 spiro atoms. The van der Waals surface area contributed by atoms with Crippen molar-refractivity contribution < 1.29 is 4.79 Å². The van der Waals surface area contributed by atoms with Crippen LogP contribution in [0.25, 0.3) is 33.2 Å². The van der Waals surface area contributed by atoms with Gasteiger partial charge in [0.25, 0.3) is 5.91 Å². The van der Waals surface area contributed by atoms with E-state index in [4.69, 9.17) is 0 Å². The van der Waals surface area contributed by atoms with Crippen LogP contribution in [0.2, 0.25) is 0 Å². The Balaban J connectivity index is 1.42. The number of aromatic amines is 2. The van der Waals surface area contributed by atoms with Crippen LogP contribution in [0.15, 0.2) is 60.9 Å². The van der Waals surface area contributed by atoms with Crippen molar-refractivity contribution in [1.29, 1.82) is 0 Å². The molecule has 0 fully saturated rings. The maximum atomic E-state index is 12.3. The number of aromatic nitrogens is 5. The van der Waals surface area contributed by atoms with E-state index in [-0.39, 0.29) is 11.9 Å². The molecule has 4 N–H and O–H groups in total. The SMILES string of the molecule is CC(C)NC(=O)c1cc2ccc(-c3nccc(Nc4ccc5[nH]ncc5c4)n3)cc2[nH]1. The van der Waals surface area contributed by atoms with E-state index >= 15 is 0 Å². The van der Waals surface area contributed by atoms with Gasteiger partial charge in [0.1, 0.15) is 11.5 Å². The molecule has 0 bridgehead atoms. The van der Waals surface area contributed by atoms with Crippen LogP contribution in [0.1, 0.15) is 24.3 Å². The molecule has 31 heavy (non-hydrogen) atoms.